The minimum Gasteiger partial charge on any atom is -0.381 e. The van der Waals surface area contributed by atoms with Crippen LogP contribution in [0.25, 0.3) is 0 Å². The first-order valence-corrected chi connectivity index (χ1v) is 13.5. The molecule has 208 valence electrons. The van der Waals surface area contributed by atoms with Crippen molar-refractivity contribution in [2.45, 2.75) is 62.6 Å². The number of piperidine rings is 1. The van der Waals surface area contributed by atoms with Gasteiger partial charge in [0.2, 0.25) is 17.7 Å². The molecule has 3 aliphatic heterocycles. The van der Waals surface area contributed by atoms with Crippen molar-refractivity contribution < 1.29 is 28.3 Å². The van der Waals surface area contributed by atoms with E-state index in [1.165, 1.54) is 29.2 Å². The molecule has 11 heteroatoms. The summed E-state index contributed by atoms with van der Waals surface area (Å²) in [4.78, 5) is 55.2. The van der Waals surface area contributed by atoms with Crippen molar-refractivity contribution in [3.63, 3.8) is 0 Å². The van der Waals surface area contributed by atoms with Gasteiger partial charge in [0, 0.05) is 57.9 Å². The Morgan fingerprint density at radius 1 is 1.05 bits per heavy atom. The highest BCUT2D eigenvalue weighted by atomic mass is 19.1. The van der Waals surface area contributed by atoms with E-state index in [1.54, 1.807) is 11.9 Å². The molecule has 0 bridgehead atoms. The Kier molecular flexibility index (Phi) is 9.32. The van der Waals surface area contributed by atoms with Crippen LogP contribution in [0.3, 0.4) is 0 Å². The van der Waals surface area contributed by atoms with Crippen molar-refractivity contribution in [3.8, 4) is 0 Å². The number of carbonyl (C=O) groups is 4. The number of ether oxygens (including phenoxy) is 1. The quantitative estimate of drug-likeness (QED) is 0.531. The molecule has 3 saturated heterocycles. The zero-order valence-electron chi connectivity index (χ0n) is 22.0. The number of rotatable bonds is 3. The van der Waals surface area contributed by atoms with E-state index < -0.39 is 17.4 Å². The Bertz CT molecular complexity index is 1010. The lowest BCUT2D eigenvalue weighted by Crippen LogP contribution is -2.59. The Balaban J connectivity index is 1.42. The Morgan fingerprint density at radius 3 is 2.42 bits per heavy atom. The fourth-order valence-electron chi connectivity index (χ4n) is 5.48. The first-order valence-electron chi connectivity index (χ1n) is 13.5. The summed E-state index contributed by atoms with van der Waals surface area (Å²) in [6.07, 6.45) is 3.71. The molecule has 3 aliphatic rings. The van der Waals surface area contributed by atoms with Gasteiger partial charge >= 0.3 is 0 Å². The zero-order valence-corrected chi connectivity index (χ0v) is 22.0. The first-order chi connectivity index (χ1) is 18.2. The number of nitrogens with zero attached hydrogens (tertiary/aromatic N) is 2. The second-order valence-corrected chi connectivity index (χ2v) is 10.6. The van der Waals surface area contributed by atoms with E-state index in [2.05, 4.69) is 16.0 Å². The molecule has 4 rings (SSSR count). The molecule has 3 N–H and O–H groups in total. The van der Waals surface area contributed by atoms with Crippen molar-refractivity contribution in [2.24, 2.45) is 0 Å². The number of nitrogens with one attached hydrogen (secondary N) is 3. The smallest absolute Gasteiger partial charge is 0.253 e. The highest BCUT2D eigenvalue weighted by Crippen LogP contribution is 2.27. The first kappa shape index (κ1) is 28.0. The molecule has 0 aliphatic carbocycles. The van der Waals surface area contributed by atoms with E-state index in [0.29, 0.717) is 64.1 Å². The number of likely N-dealkylation sites (N-methyl/N-ethyl adjacent to an activating group) is 1. The minimum absolute atomic E-state index is 0.0960. The van der Waals surface area contributed by atoms with Crippen LogP contribution in [-0.4, -0.2) is 97.5 Å². The van der Waals surface area contributed by atoms with Crippen molar-refractivity contribution in [3.05, 3.63) is 35.6 Å². The van der Waals surface area contributed by atoms with Crippen LogP contribution in [0.1, 0.15) is 55.3 Å². The van der Waals surface area contributed by atoms with E-state index in [4.69, 9.17) is 4.74 Å². The number of hydrogen-bond acceptors (Lipinski definition) is 6. The van der Waals surface area contributed by atoms with Gasteiger partial charge in [-0.25, -0.2) is 4.39 Å². The van der Waals surface area contributed by atoms with Crippen LogP contribution in [0.15, 0.2) is 24.3 Å². The molecular weight excluding hydrogens is 493 g/mol. The lowest BCUT2D eigenvalue weighted by molar-refractivity contribution is -0.138. The molecule has 0 aromatic heterocycles. The SMILES string of the molecule is CN1CC(=O)NC2(CCN(C(=O)c3ccc(F)cc3)CC2)CC(=O)NCCC[C@H](NC2CCOCC2)C1=O. The summed E-state index contributed by atoms with van der Waals surface area (Å²) in [5, 5.41) is 9.43. The summed E-state index contributed by atoms with van der Waals surface area (Å²) in [5.41, 5.74) is -0.429. The molecular formula is C27H38FN5O5. The van der Waals surface area contributed by atoms with E-state index >= 15 is 0 Å². The third kappa shape index (κ3) is 7.28. The summed E-state index contributed by atoms with van der Waals surface area (Å²) in [5.74, 6) is -1.28. The van der Waals surface area contributed by atoms with Crippen molar-refractivity contribution in [1.29, 1.82) is 0 Å². The summed E-state index contributed by atoms with van der Waals surface area (Å²) in [6, 6.07) is 5.14. The van der Waals surface area contributed by atoms with Gasteiger partial charge < -0.3 is 30.5 Å². The van der Waals surface area contributed by atoms with Crippen LogP contribution in [-0.2, 0) is 19.1 Å². The van der Waals surface area contributed by atoms with Crippen molar-refractivity contribution >= 4 is 23.6 Å². The van der Waals surface area contributed by atoms with Crippen LogP contribution < -0.4 is 16.0 Å². The maximum Gasteiger partial charge on any atom is 0.253 e. The van der Waals surface area contributed by atoms with Crippen LogP contribution in [0.4, 0.5) is 4.39 Å². The predicted molar refractivity (Wildman–Crippen MR) is 138 cm³/mol. The number of hydrogen-bond donors (Lipinski definition) is 3. The predicted octanol–water partition coefficient (Wildman–Crippen LogP) is 0.812. The average molecular weight is 532 g/mol. The summed E-state index contributed by atoms with van der Waals surface area (Å²) < 4.78 is 18.7. The fourth-order valence-corrected chi connectivity index (χ4v) is 5.48. The maximum atomic E-state index is 13.3. The lowest BCUT2D eigenvalue weighted by Gasteiger charge is -2.42. The summed E-state index contributed by atoms with van der Waals surface area (Å²) in [6.45, 7) is 2.31. The largest absolute Gasteiger partial charge is 0.381 e. The van der Waals surface area contributed by atoms with Gasteiger partial charge in [-0.15, -0.1) is 0 Å². The number of benzene rings is 1. The Labute approximate surface area is 222 Å². The molecule has 0 radical (unpaired) electrons. The lowest BCUT2D eigenvalue weighted by atomic mass is 9.83. The Morgan fingerprint density at radius 2 is 1.74 bits per heavy atom. The Hall–Kier alpha value is -3.05. The molecule has 1 atom stereocenters. The van der Waals surface area contributed by atoms with Gasteiger partial charge in [0.05, 0.1) is 18.1 Å². The molecule has 38 heavy (non-hydrogen) atoms. The van der Waals surface area contributed by atoms with Gasteiger partial charge in [-0.1, -0.05) is 0 Å². The second kappa shape index (κ2) is 12.7. The van der Waals surface area contributed by atoms with Crippen LogP contribution in [0.2, 0.25) is 0 Å². The van der Waals surface area contributed by atoms with E-state index in [0.717, 1.165) is 12.8 Å². The molecule has 1 spiro atoms. The van der Waals surface area contributed by atoms with E-state index in [-0.39, 0.29) is 42.6 Å². The van der Waals surface area contributed by atoms with Crippen LogP contribution in [0.5, 0.6) is 0 Å². The van der Waals surface area contributed by atoms with Gasteiger partial charge in [0.25, 0.3) is 5.91 Å². The number of amides is 4. The number of halogens is 1. The number of carbonyl (C=O) groups excluding carboxylic acids is 4. The molecule has 3 fully saturated rings. The topological polar surface area (TPSA) is 120 Å². The molecule has 10 nitrogen and oxygen atoms in total. The summed E-state index contributed by atoms with van der Waals surface area (Å²) in [7, 11) is 1.63. The second-order valence-electron chi connectivity index (χ2n) is 10.6. The average Bonchev–Trinajstić information content (AvgIpc) is 2.91. The highest BCUT2D eigenvalue weighted by Gasteiger charge is 2.40. The standard InChI is InChI=1S/C27H38FN5O5/c1-32-18-24(35)31-27(10-13-33(14-11-27)25(36)19-4-6-20(28)7-5-19)17-23(34)29-12-2-3-22(26(32)37)30-21-8-15-38-16-9-21/h4-7,21-22,30H,2-3,8-18H2,1H3,(H,29,34)(H,31,35)/t22-/m0/s1. The van der Waals surface area contributed by atoms with Crippen molar-refractivity contribution in [2.75, 3.05) is 46.4 Å². The molecule has 0 saturated carbocycles. The molecule has 4 amide bonds. The third-order valence-corrected chi connectivity index (χ3v) is 7.71. The monoisotopic (exact) mass is 531 g/mol. The summed E-state index contributed by atoms with van der Waals surface area (Å²) >= 11 is 0. The highest BCUT2D eigenvalue weighted by molar-refractivity contribution is 5.94. The minimum atomic E-state index is -0.821. The van der Waals surface area contributed by atoms with Gasteiger partial charge in [-0.05, 0) is 62.8 Å². The molecule has 1 aromatic rings. The molecule has 3 heterocycles. The van der Waals surface area contributed by atoms with Crippen LogP contribution >= 0.6 is 0 Å². The van der Waals surface area contributed by atoms with E-state index in [9.17, 15) is 23.6 Å². The normalized spacial score (nSPS) is 24.2. The zero-order chi connectivity index (χ0) is 27.1. The van der Waals surface area contributed by atoms with Crippen molar-refractivity contribution in [1.82, 2.24) is 25.8 Å². The van der Waals surface area contributed by atoms with Gasteiger partial charge in [0.15, 0.2) is 0 Å². The molecule has 0 unspecified atom stereocenters. The van der Waals surface area contributed by atoms with Gasteiger partial charge in [0.1, 0.15) is 5.82 Å². The molecule has 1 aromatic carbocycles. The van der Waals surface area contributed by atoms with Gasteiger partial charge in [-0.2, -0.15) is 0 Å². The number of likely N-dealkylation sites (tertiary alicyclic amines) is 1. The van der Waals surface area contributed by atoms with E-state index in [1.807, 2.05) is 0 Å². The van der Waals surface area contributed by atoms with Gasteiger partial charge in [-0.3, -0.25) is 19.2 Å². The fraction of sp³-hybridized carbons (Fsp3) is 0.630. The van der Waals surface area contributed by atoms with Crippen LogP contribution in [0, 0.1) is 5.82 Å². The maximum absolute atomic E-state index is 13.3. The third-order valence-electron chi connectivity index (χ3n) is 7.71.